The van der Waals surface area contributed by atoms with Gasteiger partial charge in [-0.05, 0) is 24.6 Å². The lowest BCUT2D eigenvalue weighted by molar-refractivity contribution is -0.384. The number of nitro groups is 1. The van der Waals surface area contributed by atoms with Crippen LogP contribution in [0.2, 0.25) is 0 Å². The summed E-state index contributed by atoms with van der Waals surface area (Å²) in [6.45, 7) is 1.54. The van der Waals surface area contributed by atoms with Gasteiger partial charge in [0.15, 0.2) is 6.10 Å². The predicted molar refractivity (Wildman–Crippen MR) is 55.0 cm³/mol. The molecule has 6 heteroatoms. The van der Waals surface area contributed by atoms with Crippen LogP contribution in [0.15, 0.2) is 24.3 Å². The van der Waals surface area contributed by atoms with Crippen molar-refractivity contribution in [3.63, 3.8) is 0 Å². The lowest BCUT2D eigenvalue weighted by Crippen LogP contribution is -2.19. The van der Waals surface area contributed by atoms with Crippen molar-refractivity contribution in [1.82, 2.24) is 0 Å². The molecule has 86 valence electrons. The molecule has 0 spiro atoms. The van der Waals surface area contributed by atoms with Crippen LogP contribution in [-0.2, 0) is 16.1 Å². The number of rotatable bonds is 5. The smallest absolute Gasteiger partial charge is 0.332 e. The number of hydrogen-bond donors (Lipinski definition) is 1. The summed E-state index contributed by atoms with van der Waals surface area (Å²) >= 11 is 0. The average Bonchev–Trinajstić information content (AvgIpc) is 2.26. The van der Waals surface area contributed by atoms with Crippen molar-refractivity contribution in [2.45, 2.75) is 19.6 Å². The van der Waals surface area contributed by atoms with Gasteiger partial charge >= 0.3 is 5.97 Å². The molecular formula is C10H11NO5. The minimum absolute atomic E-state index is 0.00460. The minimum Gasteiger partial charge on any atom is -0.479 e. The summed E-state index contributed by atoms with van der Waals surface area (Å²) in [5, 5.41) is 18.9. The molecule has 0 aromatic heterocycles. The van der Waals surface area contributed by atoms with Gasteiger partial charge in [0, 0.05) is 12.1 Å². The quantitative estimate of drug-likeness (QED) is 0.607. The summed E-state index contributed by atoms with van der Waals surface area (Å²) in [5.41, 5.74) is 0.689. The van der Waals surface area contributed by atoms with E-state index in [-0.39, 0.29) is 12.3 Å². The van der Waals surface area contributed by atoms with E-state index in [9.17, 15) is 14.9 Å². The van der Waals surface area contributed by atoms with E-state index >= 15 is 0 Å². The second-order valence-electron chi connectivity index (χ2n) is 3.22. The van der Waals surface area contributed by atoms with Gasteiger partial charge in [-0.3, -0.25) is 10.1 Å². The number of carboxylic acid groups (broad SMARTS) is 1. The Morgan fingerprint density at radius 1 is 1.50 bits per heavy atom. The molecule has 0 aliphatic carbocycles. The summed E-state index contributed by atoms with van der Waals surface area (Å²) in [6.07, 6.45) is -0.893. The first-order valence-corrected chi connectivity index (χ1v) is 4.58. The zero-order valence-corrected chi connectivity index (χ0v) is 8.62. The lowest BCUT2D eigenvalue weighted by atomic mass is 10.2. The van der Waals surface area contributed by atoms with Crippen molar-refractivity contribution < 1.29 is 19.6 Å². The average molecular weight is 225 g/mol. The zero-order chi connectivity index (χ0) is 12.1. The van der Waals surface area contributed by atoms with Crippen molar-refractivity contribution in [1.29, 1.82) is 0 Å². The SMILES string of the molecule is C[C@@H](OCc1ccc([N+](=O)[O-])cc1)C(=O)O. The highest BCUT2D eigenvalue weighted by molar-refractivity contribution is 5.71. The molecule has 0 aliphatic heterocycles. The molecular weight excluding hydrogens is 214 g/mol. The van der Waals surface area contributed by atoms with Gasteiger partial charge in [-0.25, -0.2) is 4.79 Å². The molecule has 0 fully saturated rings. The Labute approximate surface area is 91.6 Å². The van der Waals surface area contributed by atoms with Crippen LogP contribution in [0.5, 0.6) is 0 Å². The zero-order valence-electron chi connectivity index (χ0n) is 8.62. The number of aliphatic carboxylic acids is 1. The summed E-state index contributed by atoms with van der Waals surface area (Å²) in [4.78, 5) is 20.3. The Balaban J connectivity index is 2.56. The number of nitro benzene ring substituents is 1. The fourth-order valence-corrected chi connectivity index (χ4v) is 1.01. The van der Waals surface area contributed by atoms with E-state index in [0.29, 0.717) is 5.56 Å². The molecule has 0 amide bonds. The Bertz CT molecular complexity index is 387. The third kappa shape index (κ3) is 3.32. The summed E-state index contributed by atoms with van der Waals surface area (Å²) in [5.74, 6) is -1.04. The topological polar surface area (TPSA) is 89.7 Å². The van der Waals surface area contributed by atoms with Gasteiger partial charge in [0.25, 0.3) is 5.69 Å². The van der Waals surface area contributed by atoms with Crippen LogP contribution in [0.4, 0.5) is 5.69 Å². The predicted octanol–water partition coefficient (Wildman–Crippen LogP) is 1.58. The van der Waals surface area contributed by atoms with Gasteiger partial charge in [0.1, 0.15) is 0 Å². The van der Waals surface area contributed by atoms with E-state index in [1.54, 1.807) is 0 Å². The molecule has 0 aliphatic rings. The highest BCUT2D eigenvalue weighted by Crippen LogP contribution is 2.12. The van der Waals surface area contributed by atoms with Crippen molar-refractivity contribution in [3.8, 4) is 0 Å². The van der Waals surface area contributed by atoms with Crippen LogP contribution in [-0.4, -0.2) is 22.1 Å². The maximum Gasteiger partial charge on any atom is 0.332 e. The third-order valence-corrected chi connectivity index (χ3v) is 1.99. The van der Waals surface area contributed by atoms with Crippen LogP contribution in [0.1, 0.15) is 12.5 Å². The second-order valence-corrected chi connectivity index (χ2v) is 3.22. The number of ether oxygens (including phenoxy) is 1. The molecule has 6 nitrogen and oxygen atoms in total. The van der Waals surface area contributed by atoms with E-state index in [0.717, 1.165) is 0 Å². The fraction of sp³-hybridized carbons (Fsp3) is 0.300. The maximum atomic E-state index is 10.4. The van der Waals surface area contributed by atoms with Crippen molar-refractivity contribution in [2.24, 2.45) is 0 Å². The maximum absolute atomic E-state index is 10.4. The molecule has 1 rings (SSSR count). The monoisotopic (exact) mass is 225 g/mol. The number of nitrogens with zero attached hydrogens (tertiary/aromatic N) is 1. The molecule has 16 heavy (non-hydrogen) atoms. The second kappa shape index (κ2) is 5.22. The molecule has 0 heterocycles. The number of carboxylic acids is 1. The standard InChI is InChI=1S/C10H11NO5/c1-7(10(12)13)16-6-8-2-4-9(5-3-8)11(14)15/h2-5,7H,6H2,1H3,(H,12,13)/t7-/m1/s1. The number of hydrogen-bond acceptors (Lipinski definition) is 4. The molecule has 0 unspecified atom stereocenters. The van der Waals surface area contributed by atoms with Gasteiger partial charge in [-0.2, -0.15) is 0 Å². The van der Waals surface area contributed by atoms with Crippen molar-refractivity contribution >= 4 is 11.7 Å². The van der Waals surface area contributed by atoms with E-state index in [2.05, 4.69) is 0 Å². The normalized spacial score (nSPS) is 12.1. The number of benzene rings is 1. The van der Waals surface area contributed by atoms with Crippen molar-refractivity contribution in [2.75, 3.05) is 0 Å². The summed E-state index contributed by atoms with van der Waals surface area (Å²) in [7, 11) is 0. The first-order chi connectivity index (χ1) is 7.50. The Hall–Kier alpha value is -1.95. The van der Waals surface area contributed by atoms with Crippen LogP contribution >= 0.6 is 0 Å². The van der Waals surface area contributed by atoms with E-state index in [1.165, 1.54) is 31.2 Å². The Kier molecular flexibility index (Phi) is 3.96. The van der Waals surface area contributed by atoms with Crippen LogP contribution < -0.4 is 0 Å². The van der Waals surface area contributed by atoms with E-state index < -0.39 is 17.0 Å². The molecule has 1 N–H and O–H groups in total. The van der Waals surface area contributed by atoms with E-state index in [4.69, 9.17) is 9.84 Å². The Morgan fingerprint density at radius 2 is 2.06 bits per heavy atom. The highest BCUT2D eigenvalue weighted by Gasteiger charge is 2.11. The van der Waals surface area contributed by atoms with Crippen LogP contribution in [0, 0.1) is 10.1 Å². The first kappa shape index (κ1) is 12.1. The van der Waals surface area contributed by atoms with Crippen LogP contribution in [0.3, 0.4) is 0 Å². The molecule has 1 atom stereocenters. The highest BCUT2D eigenvalue weighted by atomic mass is 16.6. The molecule has 1 aromatic carbocycles. The van der Waals surface area contributed by atoms with E-state index in [1.807, 2.05) is 0 Å². The largest absolute Gasteiger partial charge is 0.479 e. The first-order valence-electron chi connectivity index (χ1n) is 4.58. The van der Waals surface area contributed by atoms with Crippen LogP contribution in [0.25, 0.3) is 0 Å². The fourth-order valence-electron chi connectivity index (χ4n) is 1.01. The summed E-state index contributed by atoms with van der Waals surface area (Å²) < 4.78 is 5.02. The molecule has 1 aromatic rings. The Morgan fingerprint density at radius 3 is 2.50 bits per heavy atom. The van der Waals surface area contributed by atoms with Gasteiger partial charge in [-0.1, -0.05) is 0 Å². The molecule has 0 radical (unpaired) electrons. The van der Waals surface area contributed by atoms with Gasteiger partial charge in [0.05, 0.1) is 11.5 Å². The number of non-ortho nitro benzene ring substituents is 1. The molecule has 0 saturated heterocycles. The minimum atomic E-state index is -1.04. The molecule has 0 saturated carbocycles. The number of carbonyl (C=O) groups is 1. The van der Waals surface area contributed by atoms with Gasteiger partial charge < -0.3 is 9.84 Å². The summed E-state index contributed by atoms with van der Waals surface area (Å²) in [6, 6.07) is 5.77. The van der Waals surface area contributed by atoms with Crippen molar-refractivity contribution in [3.05, 3.63) is 39.9 Å². The lowest BCUT2D eigenvalue weighted by Gasteiger charge is -2.07. The molecule has 0 bridgehead atoms. The third-order valence-electron chi connectivity index (χ3n) is 1.99. The van der Waals surface area contributed by atoms with Gasteiger partial charge in [0.2, 0.25) is 0 Å². The van der Waals surface area contributed by atoms with Gasteiger partial charge in [-0.15, -0.1) is 0 Å².